The van der Waals surface area contributed by atoms with Crippen LogP contribution in [0.1, 0.15) is 23.5 Å². The zero-order valence-electron chi connectivity index (χ0n) is 10.2. The van der Waals surface area contributed by atoms with Crippen molar-refractivity contribution in [2.75, 3.05) is 25.0 Å². The Morgan fingerprint density at radius 2 is 2.29 bits per heavy atom. The molecule has 0 aliphatic carbocycles. The van der Waals surface area contributed by atoms with E-state index in [0.29, 0.717) is 6.10 Å². The highest BCUT2D eigenvalue weighted by Gasteiger charge is 2.20. The van der Waals surface area contributed by atoms with Crippen LogP contribution < -0.4 is 0 Å². The molecular weight excluding hydrogens is 300 g/mol. The van der Waals surface area contributed by atoms with Crippen molar-refractivity contribution < 1.29 is 4.74 Å². The molecule has 0 N–H and O–H groups in total. The minimum Gasteiger partial charge on any atom is -0.377 e. The molecule has 1 aliphatic rings. The molecule has 1 aromatic rings. The van der Waals surface area contributed by atoms with Gasteiger partial charge in [0, 0.05) is 29.5 Å². The monoisotopic (exact) mass is 318 g/mol. The molecule has 0 spiro atoms. The fourth-order valence-electron chi connectivity index (χ4n) is 2.11. The number of halogens is 1. The van der Waals surface area contributed by atoms with Gasteiger partial charge in [-0.3, -0.25) is 4.90 Å². The molecule has 2 rings (SSSR count). The summed E-state index contributed by atoms with van der Waals surface area (Å²) in [7, 11) is 0. The molecule has 96 valence electrons. The van der Waals surface area contributed by atoms with E-state index in [0.717, 1.165) is 50.1 Å². The van der Waals surface area contributed by atoms with Gasteiger partial charge in [-0.15, -0.1) is 11.3 Å². The van der Waals surface area contributed by atoms with Crippen LogP contribution in [0.2, 0.25) is 0 Å². The molecule has 17 heavy (non-hydrogen) atoms. The topological polar surface area (TPSA) is 25.4 Å². The summed E-state index contributed by atoms with van der Waals surface area (Å²) in [5.74, 6) is 0. The molecule has 1 aromatic heterocycles. The zero-order chi connectivity index (χ0) is 12.1. The first-order valence-electron chi connectivity index (χ1n) is 6.09. The van der Waals surface area contributed by atoms with Crippen molar-refractivity contribution >= 4 is 27.3 Å². The maximum absolute atomic E-state index is 5.75. The minimum absolute atomic E-state index is 0.460. The van der Waals surface area contributed by atoms with Crippen LogP contribution in [0, 0.1) is 6.92 Å². The summed E-state index contributed by atoms with van der Waals surface area (Å²) < 4.78 is 5.75. The molecule has 0 atom stereocenters. The zero-order valence-corrected chi connectivity index (χ0v) is 12.6. The van der Waals surface area contributed by atoms with Crippen LogP contribution in [0.15, 0.2) is 5.38 Å². The van der Waals surface area contributed by atoms with E-state index in [1.165, 1.54) is 5.01 Å². The molecule has 0 amide bonds. The predicted octanol–water partition coefficient (Wildman–Crippen LogP) is 2.83. The second-order valence-corrected chi connectivity index (χ2v) is 6.15. The molecule has 2 heterocycles. The lowest BCUT2D eigenvalue weighted by molar-refractivity contribution is 0.0141. The third-order valence-corrected chi connectivity index (χ3v) is 4.27. The Kier molecular flexibility index (Phi) is 5.41. The number of nitrogens with zero attached hydrogens (tertiary/aromatic N) is 2. The molecule has 0 bridgehead atoms. The van der Waals surface area contributed by atoms with Gasteiger partial charge in [-0.2, -0.15) is 0 Å². The molecule has 0 aromatic carbocycles. The van der Waals surface area contributed by atoms with Crippen LogP contribution in [0.25, 0.3) is 0 Å². The van der Waals surface area contributed by atoms with E-state index >= 15 is 0 Å². The Labute approximate surface area is 115 Å². The van der Waals surface area contributed by atoms with Gasteiger partial charge in [0.1, 0.15) is 5.01 Å². The third-order valence-electron chi connectivity index (χ3n) is 2.99. The largest absolute Gasteiger partial charge is 0.377 e. The normalized spacial score (nSPS) is 18.7. The molecule has 0 unspecified atom stereocenters. The lowest BCUT2D eigenvalue weighted by atomic mass is 10.1. The molecule has 1 fully saturated rings. The van der Waals surface area contributed by atoms with Gasteiger partial charge in [0.15, 0.2) is 0 Å². The van der Waals surface area contributed by atoms with Crippen molar-refractivity contribution in [1.82, 2.24) is 9.88 Å². The highest BCUT2D eigenvalue weighted by molar-refractivity contribution is 9.09. The predicted molar refractivity (Wildman–Crippen MR) is 74.9 cm³/mol. The van der Waals surface area contributed by atoms with Gasteiger partial charge in [-0.05, 0) is 19.8 Å². The van der Waals surface area contributed by atoms with Gasteiger partial charge in [0.05, 0.1) is 19.3 Å². The lowest BCUT2D eigenvalue weighted by Crippen LogP contribution is -2.36. The molecule has 5 heteroatoms. The van der Waals surface area contributed by atoms with E-state index < -0.39 is 0 Å². The van der Waals surface area contributed by atoms with Crippen LogP contribution in [0.4, 0.5) is 0 Å². The van der Waals surface area contributed by atoms with Crippen molar-refractivity contribution in [2.45, 2.75) is 32.4 Å². The van der Waals surface area contributed by atoms with Crippen molar-refractivity contribution in [2.24, 2.45) is 0 Å². The van der Waals surface area contributed by atoms with Crippen LogP contribution >= 0.6 is 27.3 Å². The number of aromatic nitrogens is 1. The fourth-order valence-corrected chi connectivity index (χ4v) is 3.11. The fraction of sp³-hybridized carbons (Fsp3) is 0.750. The Morgan fingerprint density at radius 3 is 2.88 bits per heavy atom. The first-order chi connectivity index (χ1) is 8.28. The van der Waals surface area contributed by atoms with Crippen LogP contribution in [0.3, 0.4) is 0 Å². The van der Waals surface area contributed by atoms with E-state index in [1.54, 1.807) is 11.3 Å². The quantitative estimate of drug-likeness (QED) is 0.781. The van der Waals surface area contributed by atoms with Gasteiger partial charge >= 0.3 is 0 Å². The molecule has 1 aliphatic heterocycles. The Bertz CT molecular complexity index is 337. The summed E-state index contributed by atoms with van der Waals surface area (Å²) in [5.41, 5.74) is 1.14. The molecule has 0 radical (unpaired) electrons. The number of hydrogen-bond donors (Lipinski definition) is 0. The van der Waals surface area contributed by atoms with Gasteiger partial charge in [0.2, 0.25) is 0 Å². The van der Waals surface area contributed by atoms with Gasteiger partial charge in [-0.1, -0.05) is 15.9 Å². The number of aryl methyl sites for hydroxylation is 1. The molecular formula is C12H19BrN2OS. The summed E-state index contributed by atoms with van der Waals surface area (Å²) in [4.78, 5) is 6.99. The minimum atomic E-state index is 0.460. The highest BCUT2D eigenvalue weighted by atomic mass is 79.9. The smallest absolute Gasteiger partial charge is 0.107 e. The van der Waals surface area contributed by atoms with Crippen molar-refractivity contribution in [3.63, 3.8) is 0 Å². The second kappa shape index (κ2) is 6.83. The number of ether oxygens (including phenoxy) is 1. The van der Waals surface area contributed by atoms with Crippen molar-refractivity contribution in [3.05, 3.63) is 16.1 Å². The highest BCUT2D eigenvalue weighted by Crippen LogP contribution is 2.18. The van der Waals surface area contributed by atoms with Crippen LogP contribution in [0.5, 0.6) is 0 Å². The average molecular weight is 319 g/mol. The first-order valence-corrected chi connectivity index (χ1v) is 8.09. The number of alkyl halides is 1. The van der Waals surface area contributed by atoms with E-state index in [1.807, 2.05) is 0 Å². The van der Waals surface area contributed by atoms with Gasteiger partial charge in [-0.25, -0.2) is 4.98 Å². The number of hydrogen-bond acceptors (Lipinski definition) is 4. The summed E-state index contributed by atoms with van der Waals surface area (Å²) in [6.07, 6.45) is 2.76. The van der Waals surface area contributed by atoms with Crippen molar-refractivity contribution in [3.8, 4) is 0 Å². The maximum Gasteiger partial charge on any atom is 0.107 e. The summed E-state index contributed by atoms with van der Waals surface area (Å²) >= 11 is 5.16. The van der Waals surface area contributed by atoms with Crippen molar-refractivity contribution in [1.29, 1.82) is 0 Å². The second-order valence-electron chi connectivity index (χ2n) is 4.42. The Hall–Kier alpha value is 0.0300. The summed E-state index contributed by atoms with van der Waals surface area (Å²) in [6, 6.07) is 0. The van der Waals surface area contributed by atoms with Gasteiger partial charge < -0.3 is 4.74 Å². The summed E-state index contributed by atoms with van der Waals surface area (Å²) in [5, 5.41) is 4.30. The van der Waals surface area contributed by atoms with Crippen LogP contribution in [-0.2, 0) is 11.3 Å². The molecule has 0 saturated carbocycles. The SMILES string of the molecule is Cc1csc(CN2CCC(OCCBr)CC2)n1. The Morgan fingerprint density at radius 1 is 1.53 bits per heavy atom. The van der Waals surface area contributed by atoms with E-state index in [4.69, 9.17) is 4.74 Å². The third kappa shape index (κ3) is 4.32. The lowest BCUT2D eigenvalue weighted by Gasteiger charge is -2.31. The van der Waals surface area contributed by atoms with E-state index in [2.05, 4.69) is 38.1 Å². The summed E-state index contributed by atoms with van der Waals surface area (Å²) in [6.45, 7) is 6.15. The first kappa shape index (κ1) is 13.5. The van der Waals surface area contributed by atoms with E-state index in [-0.39, 0.29) is 0 Å². The number of rotatable bonds is 5. The number of piperidine rings is 1. The van der Waals surface area contributed by atoms with Crippen LogP contribution in [-0.4, -0.2) is 41.0 Å². The molecule has 3 nitrogen and oxygen atoms in total. The van der Waals surface area contributed by atoms with E-state index in [9.17, 15) is 0 Å². The maximum atomic E-state index is 5.75. The standard InChI is InChI=1S/C12H19BrN2OS/c1-10-9-17-12(14-10)8-15-5-2-11(3-6-15)16-7-4-13/h9,11H,2-8H2,1H3. The Balaban J connectivity index is 1.72. The number of likely N-dealkylation sites (tertiary alicyclic amines) is 1. The average Bonchev–Trinajstić information content (AvgIpc) is 2.74. The molecule has 1 saturated heterocycles. The van der Waals surface area contributed by atoms with Gasteiger partial charge in [0.25, 0.3) is 0 Å². The number of thiazole rings is 1.